The lowest BCUT2D eigenvalue weighted by molar-refractivity contribution is -0.127. The smallest absolute Gasteiger partial charge is 0.270 e. The van der Waals surface area contributed by atoms with Crippen molar-refractivity contribution in [1.29, 1.82) is 0 Å². The summed E-state index contributed by atoms with van der Waals surface area (Å²) in [5.41, 5.74) is 3.60. The Kier molecular flexibility index (Phi) is 7.86. The fraction of sp³-hybridized carbons (Fsp3) is 0.600. The molecule has 2 amide bonds. The van der Waals surface area contributed by atoms with Gasteiger partial charge >= 0.3 is 0 Å². The molecule has 3 heterocycles. The second-order valence-corrected chi connectivity index (χ2v) is 11.0. The number of piperidine rings is 1. The number of aryl methyl sites for hydroxylation is 1. The van der Waals surface area contributed by atoms with Crippen molar-refractivity contribution in [3.63, 3.8) is 0 Å². The SMILES string of the molecule is CC.CCn1nccc1C(=O)NC(c1nc2ccc(C(C)C3CCCNC3=O)cc2[nH]1)C(C1CC1)C1CC1. The van der Waals surface area contributed by atoms with Crippen LogP contribution in [0, 0.1) is 23.7 Å². The minimum atomic E-state index is -0.157. The van der Waals surface area contributed by atoms with Crippen LogP contribution in [-0.4, -0.2) is 38.1 Å². The molecule has 3 N–H and O–H groups in total. The number of amides is 2. The molecule has 1 saturated heterocycles. The van der Waals surface area contributed by atoms with Crippen molar-refractivity contribution in [2.45, 2.75) is 84.7 Å². The number of hydrogen-bond donors (Lipinski definition) is 3. The highest BCUT2D eigenvalue weighted by Gasteiger charge is 2.47. The first-order valence-corrected chi connectivity index (χ1v) is 14.6. The summed E-state index contributed by atoms with van der Waals surface area (Å²) >= 11 is 0. The van der Waals surface area contributed by atoms with E-state index in [1.807, 2.05) is 20.8 Å². The Morgan fingerprint density at radius 2 is 1.87 bits per heavy atom. The van der Waals surface area contributed by atoms with Crippen LogP contribution in [0.3, 0.4) is 0 Å². The highest BCUT2D eigenvalue weighted by Crippen LogP contribution is 2.54. The number of nitrogens with one attached hydrogen (secondary N) is 3. The maximum absolute atomic E-state index is 13.4. The number of carbonyl (C=O) groups is 2. The van der Waals surface area contributed by atoms with E-state index in [1.165, 1.54) is 25.7 Å². The van der Waals surface area contributed by atoms with Crippen molar-refractivity contribution in [3.05, 3.63) is 47.5 Å². The molecule has 2 saturated carbocycles. The summed E-state index contributed by atoms with van der Waals surface area (Å²) in [7, 11) is 0. The van der Waals surface area contributed by atoms with Crippen molar-refractivity contribution in [2.24, 2.45) is 23.7 Å². The summed E-state index contributed by atoms with van der Waals surface area (Å²) in [5.74, 6) is 2.73. The molecule has 3 unspecified atom stereocenters. The molecule has 2 aromatic heterocycles. The van der Waals surface area contributed by atoms with E-state index in [9.17, 15) is 9.59 Å². The molecule has 8 nitrogen and oxygen atoms in total. The molecule has 3 aromatic rings. The summed E-state index contributed by atoms with van der Waals surface area (Å²) < 4.78 is 1.74. The average molecular weight is 519 g/mol. The maximum atomic E-state index is 13.4. The second kappa shape index (κ2) is 11.3. The minimum absolute atomic E-state index is 0.00292. The van der Waals surface area contributed by atoms with Gasteiger partial charge in [-0.1, -0.05) is 26.8 Å². The number of H-pyrrole nitrogens is 1. The van der Waals surface area contributed by atoms with Crippen molar-refractivity contribution >= 4 is 22.8 Å². The second-order valence-electron chi connectivity index (χ2n) is 11.0. The van der Waals surface area contributed by atoms with E-state index in [1.54, 1.807) is 16.9 Å². The van der Waals surface area contributed by atoms with Crippen LogP contribution in [0.4, 0.5) is 0 Å². The van der Waals surface area contributed by atoms with Gasteiger partial charge in [-0.25, -0.2) is 4.98 Å². The number of aromatic amines is 1. The van der Waals surface area contributed by atoms with Crippen molar-refractivity contribution < 1.29 is 9.59 Å². The number of benzene rings is 1. The van der Waals surface area contributed by atoms with E-state index < -0.39 is 0 Å². The van der Waals surface area contributed by atoms with Crippen LogP contribution < -0.4 is 10.6 Å². The zero-order chi connectivity index (χ0) is 26.8. The van der Waals surface area contributed by atoms with Gasteiger partial charge in [-0.05, 0) is 92.9 Å². The number of rotatable bonds is 9. The van der Waals surface area contributed by atoms with Gasteiger partial charge < -0.3 is 15.6 Å². The normalized spacial score (nSPS) is 21.0. The average Bonchev–Trinajstić information content (AvgIpc) is 3.87. The molecule has 0 radical (unpaired) electrons. The Bertz CT molecular complexity index is 1260. The first-order valence-electron chi connectivity index (χ1n) is 14.6. The van der Waals surface area contributed by atoms with Gasteiger partial charge in [0, 0.05) is 25.2 Å². The Morgan fingerprint density at radius 3 is 2.53 bits per heavy atom. The van der Waals surface area contributed by atoms with Crippen LogP contribution in [0.25, 0.3) is 11.0 Å². The van der Waals surface area contributed by atoms with Crippen LogP contribution in [0.1, 0.15) is 100 Å². The van der Waals surface area contributed by atoms with Crippen molar-refractivity contribution in [3.8, 4) is 0 Å². The lowest BCUT2D eigenvalue weighted by atomic mass is 9.82. The van der Waals surface area contributed by atoms with Crippen LogP contribution in [0.2, 0.25) is 0 Å². The van der Waals surface area contributed by atoms with Crippen LogP contribution >= 0.6 is 0 Å². The monoisotopic (exact) mass is 518 g/mol. The molecule has 3 aliphatic rings. The molecule has 1 aromatic carbocycles. The third-order valence-electron chi connectivity index (χ3n) is 8.53. The Balaban J connectivity index is 0.00000144. The molecule has 6 rings (SSSR count). The van der Waals surface area contributed by atoms with E-state index in [4.69, 9.17) is 4.98 Å². The summed E-state index contributed by atoms with van der Waals surface area (Å²) in [5, 5.41) is 10.7. The van der Waals surface area contributed by atoms with E-state index in [0.717, 1.165) is 41.8 Å². The number of imidazole rings is 1. The van der Waals surface area contributed by atoms with Crippen LogP contribution in [-0.2, 0) is 11.3 Å². The topological polar surface area (TPSA) is 105 Å². The van der Waals surface area contributed by atoms with E-state index in [2.05, 4.69) is 45.8 Å². The van der Waals surface area contributed by atoms with Crippen LogP contribution in [0.15, 0.2) is 30.5 Å². The highest BCUT2D eigenvalue weighted by atomic mass is 16.2. The van der Waals surface area contributed by atoms with Gasteiger partial charge in [0.05, 0.1) is 17.1 Å². The molecule has 38 heavy (non-hydrogen) atoms. The van der Waals surface area contributed by atoms with Crippen molar-refractivity contribution in [1.82, 2.24) is 30.4 Å². The fourth-order valence-electron chi connectivity index (χ4n) is 6.21. The predicted octanol–water partition coefficient (Wildman–Crippen LogP) is 5.34. The van der Waals surface area contributed by atoms with E-state index in [-0.39, 0.29) is 29.7 Å². The number of aromatic nitrogens is 4. The standard InChI is InChI=1S/C28H36N6O2.C2H6/c1-3-34-23(12-14-30-34)28(36)33-25(24(17-6-7-17)18-8-9-18)26-31-21-11-10-19(15-22(21)32-26)16(2)20-5-4-13-29-27(20)35;1-2/h10-12,14-18,20,24-25H,3-9,13H2,1-2H3,(H,29,35)(H,31,32)(H,33,36);1-2H3. The quantitative estimate of drug-likeness (QED) is 0.355. The maximum Gasteiger partial charge on any atom is 0.270 e. The fourth-order valence-corrected chi connectivity index (χ4v) is 6.21. The molecule has 8 heteroatoms. The zero-order valence-corrected chi connectivity index (χ0v) is 23.2. The summed E-state index contributed by atoms with van der Waals surface area (Å²) in [6.07, 6.45) is 8.55. The van der Waals surface area contributed by atoms with Gasteiger partial charge in [-0.2, -0.15) is 5.10 Å². The van der Waals surface area contributed by atoms with Crippen LogP contribution in [0.5, 0.6) is 0 Å². The molecule has 3 fully saturated rings. The van der Waals surface area contributed by atoms with Gasteiger partial charge in [0.1, 0.15) is 11.5 Å². The van der Waals surface area contributed by atoms with E-state index >= 15 is 0 Å². The molecular formula is C30H42N6O2. The van der Waals surface area contributed by atoms with Gasteiger partial charge in [-0.3, -0.25) is 14.3 Å². The highest BCUT2D eigenvalue weighted by molar-refractivity contribution is 5.92. The molecule has 2 aliphatic carbocycles. The first-order chi connectivity index (χ1) is 18.5. The van der Waals surface area contributed by atoms with Gasteiger partial charge in [0.15, 0.2) is 0 Å². The lowest BCUT2D eigenvalue weighted by Crippen LogP contribution is -2.38. The number of nitrogens with zero attached hydrogens (tertiary/aromatic N) is 3. The minimum Gasteiger partial charge on any atom is -0.356 e. The van der Waals surface area contributed by atoms with Gasteiger partial charge in [-0.15, -0.1) is 0 Å². The predicted molar refractivity (Wildman–Crippen MR) is 149 cm³/mol. The zero-order valence-electron chi connectivity index (χ0n) is 23.2. The Morgan fingerprint density at radius 1 is 1.13 bits per heavy atom. The Labute approximate surface area is 225 Å². The molecule has 0 bridgehead atoms. The van der Waals surface area contributed by atoms with E-state index in [0.29, 0.717) is 30.0 Å². The molecule has 1 aliphatic heterocycles. The largest absolute Gasteiger partial charge is 0.356 e. The lowest BCUT2D eigenvalue weighted by Gasteiger charge is -2.27. The number of carbonyl (C=O) groups excluding carboxylic acids is 2. The third kappa shape index (κ3) is 5.36. The third-order valence-corrected chi connectivity index (χ3v) is 8.53. The van der Waals surface area contributed by atoms with Gasteiger partial charge in [0.25, 0.3) is 5.91 Å². The summed E-state index contributed by atoms with van der Waals surface area (Å²) in [6.45, 7) is 9.57. The van der Waals surface area contributed by atoms with Crippen molar-refractivity contribution in [2.75, 3.05) is 6.54 Å². The number of hydrogen-bond acceptors (Lipinski definition) is 4. The summed E-state index contributed by atoms with van der Waals surface area (Å²) in [4.78, 5) is 34.4. The van der Waals surface area contributed by atoms with Gasteiger partial charge in [0.2, 0.25) is 5.91 Å². The first kappa shape index (κ1) is 26.4. The Hall–Kier alpha value is -3.16. The molecule has 3 atom stereocenters. The summed E-state index contributed by atoms with van der Waals surface area (Å²) in [6, 6.07) is 7.93. The number of fused-ring (bicyclic) bond motifs is 1. The molecule has 204 valence electrons. The molecular weight excluding hydrogens is 476 g/mol. The molecule has 0 spiro atoms.